The maximum atomic E-state index is 11.4. The highest BCUT2D eigenvalue weighted by atomic mass is 32.2. The number of carbonyl (C=O) groups is 1. The average molecular weight is 290 g/mol. The predicted octanol–water partition coefficient (Wildman–Crippen LogP) is 1.13. The van der Waals surface area contributed by atoms with Crippen LogP contribution in [0.4, 0.5) is 0 Å². The molecule has 0 fully saturated rings. The van der Waals surface area contributed by atoms with Gasteiger partial charge in [0.15, 0.2) is 5.16 Å². The molecule has 2 aromatic rings. The first-order valence-electron chi connectivity index (χ1n) is 6.02. The number of thioether (sulfide) groups is 1. The van der Waals surface area contributed by atoms with E-state index in [1.807, 2.05) is 18.2 Å². The van der Waals surface area contributed by atoms with Gasteiger partial charge in [-0.25, -0.2) is 9.97 Å². The molecule has 2 heterocycles. The number of pyridine rings is 1. The van der Waals surface area contributed by atoms with E-state index in [1.54, 1.807) is 18.5 Å². The smallest absolute Gasteiger partial charge is 0.316 e. The van der Waals surface area contributed by atoms with Crippen molar-refractivity contribution in [3.8, 4) is 11.4 Å². The SMILES string of the molecule is NCCOC(=O)CSc1nccc(-c2ccccn2)n1. The minimum Gasteiger partial charge on any atom is -0.464 e. The molecule has 20 heavy (non-hydrogen) atoms. The van der Waals surface area contributed by atoms with E-state index in [0.29, 0.717) is 11.7 Å². The topological polar surface area (TPSA) is 91.0 Å². The molecule has 104 valence electrons. The summed E-state index contributed by atoms with van der Waals surface area (Å²) in [6.07, 6.45) is 3.35. The number of nitrogens with two attached hydrogens (primary N) is 1. The van der Waals surface area contributed by atoms with Crippen LogP contribution >= 0.6 is 11.8 Å². The molecule has 0 amide bonds. The Kier molecular flexibility index (Phi) is 5.45. The van der Waals surface area contributed by atoms with Crippen LogP contribution in [0.3, 0.4) is 0 Å². The quantitative estimate of drug-likeness (QED) is 0.484. The molecule has 2 rings (SSSR count). The van der Waals surface area contributed by atoms with Gasteiger partial charge in [0.05, 0.1) is 17.1 Å². The maximum Gasteiger partial charge on any atom is 0.316 e. The Bertz CT molecular complexity index is 565. The lowest BCUT2D eigenvalue weighted by atomic mass is 10.3. The molecule has 2 aromatic heterocycles. The van der Waals surface area contributed by atoms with Gasteiger partial charge in [0.1, 0.15) is 6.61 Å². The summed E-state index contributed by atoms with van der Waals surface area (Å²) in [5.74, 6) is -0.168. The maximum absolute atomic E-state index is 11.4. The molecule has 0 radical (unpaired) electrons. The van der Waals surface area contributed by atoms with Gasteiger partial charge in [-0.05, 0) is 18.2 Å². The summed E-state index contributed by atoms with van der Waals surface area (Å²) in [7, 11) is 0. The molecule has 0 saturated heterocycles. The Balaban J connectivity index is 1.98. The fraction of sp³-hybridized carbons (Fsp3) is 0.231. The second-order valence-corrected chi connectivity index (χ2v) is 4.68. The third kappa shape index (κ3) is 4.29. The number of hydrogen-bond acceptors (Lipinski definition) is 7. The third-order valence-corrected chi connectivity index (χ3v) is 3.10. The molecule has 0 atom stereocenters. The van der Waals surface area contributed by atoms with Crippen molar-refractivity contribution in [2.24, 2.45) is 5.73 Å². The van der Waals surface area contributed by atoms with Crippen LogP contribution < -0.4 is 5.73 Å². The number of ether oxygens (including phenoxy) is 1. The fourth-order valence-electron chi connectivity index (χ4n) is 1.41. The van der Waals surface area contributed by atoms with Crippen molar-refractivity contribution >= 4 is 17.7 Å². The van der Waals surface area contributed by atoms with E-state index in [2.05, 4.69) is 15.0 Å². The summed E-state index contributed by atoms with van der Waals surface area (Å²) in [6, 6.07) is 7.38. The van der Waals surface area contributed by atoms with Crippen LogP contribution in [0.15, 0.2) is 41.8 Å². The number of hydrogen-bond donors (Lipinski definition) is 1. The van der Waals surface area contributed by atoms with Gasteiger partial charge in [-0.15, -0.1) is 0 Å². The van der Waals surface area contributed by atoms with Crippen molar-refractivity contribution in [3.63, 3.8) is 0 Å². The zero-order valence-electron chi connectivity index (χ0n) is 10.7. The van der Waals surface area contributed by atoms with Crippen LogP contribution in [0.25, 0.3) is 11.4 Å². The number of carbonyl (C=O) groups excluding carboxylic acids is 1. The second-order valence-electron chi connectivity index (χ2n) is 3.74. The summed E-state index contributed by atoms with van der Waals surface area (Å²) < 4.78 is 4.88. The van der Waals surface area contributed by atoms with Gasteiger partial charge in [-0.3, -0.25) is 9.78 Å². The third-order valence-electron chi connectivity index (χ3n) is 2.26. The lowest BCUT2D eigenvalue weighted by Gasteiger charge is -2.03. The lowest BCUT2D eigenvalue weighted by Crippen LogP contribution is -2.15. The molecule has 0 aliphatic rings. The van der Waals surface area contributed by atoms with E-state index in [0.717, 1.165) is 11.4 Å². The normalized spacial score (nSPS) is 10.2. The van der Waals surface area contributed by atoms with Crippen molar-refractivity contribution in [2.75, 3.05) is 18.9 Å². The van der Waals surface area contributed by atoms with E-state index in [4.69, 9.17) is 10.5 Å². The van der Waals surface area contributed by atoms with Crippen LogP contribution in [-0.4, -0.2) is 39.8 Å². The lowest BCUT2D eigenvalue weighted by molar-refractivity contribution is -0.140. The van der Waals surface area contributed by atoms with E-state index < -0.39 is 0 Å². The highest BCUT2D eigenvalue weighted by Crippen LogP contribution is 2.18. The first kappa shape index (κ1) is 14.4. The second kappa shape index (κ2) is 7.56. The number of esters is 1. The first-order chi connectivity index (χ1) is 9.79. The number of aromatic nitrogens is 3. The molecular weight excluding hydrogens is 276 g/mol. The van der Waals surface area contributed by atoms with Gasteiger partial charge in [-0.2, -0.15) is 0 Å². The molecule has 0 aromatic carbocycles. The van der Waals surface area contributed by atoms with Crippen molar-refractivity contribution in [2.45, 2.75) is 5.16 Å². The Labute approximate surface area is 120 Å². The Morgan fingerprint density at radius 2 is 2.10 bits per heavy atom. The van der Waals surface area contributed by atoms with E-state index in [-0.39, 0.29) is 18.3 Å². The van der Waals surface area contributed by atoms with Crippen molar-refractivity contribution < 1.29 is 9.53 Å². The van der Waals surface area contributed by atoms with Crippen LogP contribution in [-0.2, 0) is 9.53 Å². The molecule has 0 unspecified atom stereocenters. The Morgan fingerprint density at radius 1 is 1.20 bits per heavy atom. The molecule has 0 spiro atoms. The Morgan fingerprint density at radius 3 is 2.85 bits per heavy atom. The average Bonchev–Trinajstić information content (AvgIpc) is 2.52. The summed E-state index contributed by atoms with van der Waals surface area (Å²) in [5, 5.41) is 0.512. The molecule has 0 bridgehead atoms. The highest BCUT2D eigenvalue weighted by Gasteiger charge is 2.07. The molecule has 6 nitrogen and oxygen atoms in total. The zero-order valence-corrected chi connectivity index (χ0v) is 11.5. The van der Waals surface area contributed by atoms with Gasteiger partial charge in [0.25, 0.3) is 0 Å². The van der Waals surface area contributed by atoms with Crippen molar-refractivity contribution in [1.82, 2.24) is 15.0 Å². The largest absolute Gasteiger partial charge is 0.464 e. The van der Waals surface area contributed by atoms with Crippen molar-refractivity contribution in [1.29, 1.82) is 0 Å². The van der Waals surface area contributed by atoms with Gasteiger partial charge in [-0.1, -0.05) is 17.8 Å². The summed E-state index contributed by atoms with van der Waals surface area (Å²) in [4.78, 5) is 24.0. The minimum absolute atomic E-state index is 0.158. The van der Waals surface area contributed by atoms with Gasteiger partial charge < -0.3 is 10.5 Å². The highest BCUT2D eigenvalue weighted by molar-refractivity contribution is 7.99. The van der Waals surface area contributed by atoms with Gasteiger partial charge in [0, 0.05) is 18.9 Å². The fourth-order valence-corrected chi connectivity index (χ4v) is 2.03. The van der Waals surface area contributed by atoms with E-state index in [9.17, 15) is 4.79 Å². The van der Waals surface area contributed by atoms with E-state index >= 15 is 0 Å². The summed E-state index contributed by atoms with van der Waals surface area (Å²) in [6.45, 7) is 0.552. The first-order valence-corrected chi connectivity index (χ1v) is 7.01. The summed E-state index contributed by atoms with van der Waals surface area (Å²) >= 11 is 1.22. The molecule has 0 saturated carbocycles. The number of rotatable bonds is 6. The van der Waals surface area contributed by atoms with Gasteiger partial charge in [0.2, 0.25) is 0 Å². The Hall–Kier alpha value is -1.99. The molecule has 0 aliphatic heterocycles. The molecular formula is C13H14N4O2S. The predicted molar refractivity (Wildman–Crippen MR) is 76.0 cm³/mol. The van der Waals surface area contributed by atoms with Crippen LogP contribution in [0, 0.1) is 0 Å². The summed E-state index contributed by atoms with van der Waals surface area (Å²) in [5.41, 5.74) is 6.74. The molecule has 7 heteroatoms. The number of nitrogens with zero attached hydrogens (tertiary/aromatic N) is 3. The van der Waals surface area contributed by atoms with Gasteiger partial charge >= 0.3 is 5.97 Å². The monoisotopic (exact) mass is 290 g/mol. The van der Waals surface area contributed by atoms with Crippen molar-refractivity contribution in [3.05, 3.63) is 36.7 Å². The molecule has 2 N–H and O–H groups in total. The standard InChI is InChI=1S/C13H14N4O2S/c14-5-8-19-12(18)9-20-13-16-7-4-11(17-13)10-3-1-2-6-15-10/h1-4,6-7H,5,8-9,14H2. The van der Waals surface area contributed by atoms with Crippen LogP contribution in [0.1, 0.15) is 0 Å². The van der Waals surface area contributed by atoms with Crippen LogP contribution in [0.2, 0.25) is 0 Å². The van der Waals surface area contributed by atoms with Crippen LogP contribution in [0.5, 0.6) is 0 Å². The molecule has 0 aliphatic carbocycles. The van der Waals surface area contributed by atoms with E-state index in [1.165, 1.54) is 11.8 Å². The zero-order chi connectivity index (χ0) is 14.2. The minimum atomic E-state index is -0.327.